The molecule has 0 saturated carbocycles. The number of carbonyl (C=O) groups excluding carboxylic acids is 2. The van der Waals surface area contributed by atoms with Crippen LogP contribution in [0.2, 0.25) is 0 Å². The van der Waals surface area contributed by atoms with Gasteiger partial charge in [-0.2, -0.15) is 5.10 Å². The van der Waals surface area contributed by atoms with Gasteiger partial charge in [0.15, 0.2) is 6.61 Å². The number of hydrogen-bond acceptors (Lipinski definition) is 6. The van der Waals surface area contributed by atoms with Gasteiger partial charge in [0.2, 0.25) is 0 Å². The molecule has 0 aliphatic carbocycles. The number of fused-ring (bicyclic) bond motifs is 1. The van der Waals surface area contributed by atoms with Gasteiger partial charge in [0.25, 0.3) is 5.91 Å². The summed E-state index contributed by atoms with van der Waals surface area (Å²) in [5.41, 5.74) is 2.68. The SMILES string of the molecule is CCOCC(=O)OCC(=O)N1N=C(c2ccc3ccccc3c2)CC1c1ccc(OC)cc1. The van der Waals surface area contributed by atoms with E-state index >= 15 is 0 Å². The van der Waals surface area contributed by atoms with Crippen LogP contribution in [-0.4, -0.2) is 49.5 Å². The highest BCUT2D eigenvalue weighted by Gasteiger charge is 2.33. The van der Waals surface area contributed by atoms with E-state index in [-0.39, 0.29) is 12.6 Å². The molecular weight excluding hydrogens is 420 g/mol. The molecule has 1 heterocycles. The third kappa shape index (κ3) is 5.21. The van der Waals surface area contributed by atoms with Crippen molar-refractivity contribution in [2.24, 2.45) is 5.10 Å². The molecular formula is C26H26N2O5. The molecule has 170 valence electrons. The van der Waals surface area contributed by atoms with Crippen LogP contribution in [0.5, 0.6) is 5.75 Å². The Balaban J connectivity index is 1.59. The molecule has 33 heavy (non-hydrogen) atoms. The molecule has 1 aliphatic heterocycles. The smallest absolute Gasteiger partial charge is 0.332 e. The average Bonchev–Trinajstić information content (AvgIpc) is 3.31. The number of benzene rings is 3. The molecule has 0 bridgehead atoms. The van der Waals surface area contributed by atoms with Crippen molar-refractivity contribution in [2.75, 3.05) is 26.9 Å². The molecule has 0 fully saturated rings. The number of methoxy groups -OCH3 is 1. The Bertz CT molecular complexity index is 1170. The third-order valence-corrected chi connectivity index (χ3v) is 5.53. The lowest BCUT2D eigenvalue weighted by molar-refractivity contribution is -0.156. The first kappa shape index (κ1) is 22.5. The number of hydrogen-bond donors (Lipinski definition) is 0. The Morgan fingerprint density at radius 2 is 1.76 bits per heavy atom. The van der Waals surface area contributed by atoms with E-state index in [1.165, 1.54) is 5.01 Å². The summed E-state index contributed by atoms with van der Waals surface area (Å²) >= 11 is 0. The van der Waals surface area contributed by atoms with E-state index in [2.05, 4.69) is 29.4 Å². The molecule has 1 amide bonds. The number of rotatable bonds is 8. The lowest BCUT2D eigenvalue weighted by Crippen LogP contribution is -2.31. The van der Waals surface area contributed by atoms with Crippen molar-refractivity contribution in [1.29, 1.82) is 0 Å². The van der Waals surface area contributed by atoms with E-state index in [0.717, 1.165) is 33.4 Å². The average molecular weight is 447 g/mol. The van der Waals surface area contributed by atoms with Crippen LogP contribution in [0.4, 0.5) is 0 Å². The Morgan fingerprint density at radius 3 is 2.48 bits per heavy atom. The fraction of sp³-hybridized carbons (Fsp3) is 0.269. The van der Waals surface area contributed by atoms with Gasteiger partial charge in [-0.05, 0) is 47.0 Å². The molecule has 0 aromatic heterocycles. The van der Waals surface area contributed by atoms with E-state index in [4.69, 9.17) is 14.2 Å². The number of carbonyl (C=O) groups is 2. The standard InChI is InChI=1S/C26H26N2O5/c1-3-32-17-26(30)33-16-25(29)28-24(19-10-12-22(31-2)13-11-19)15-23(27-28)21-9-8-18-6-4-5-7-20(18)14-21/h4-14,24H,3,15-17H2,1-2H3. The summed E-state index contributed by atoms with van der Waals surface area (Å²) < 4.78 is 15.4. The number of hydrazone groups is 1. The van der Waals surface area contributed by atoms with Gasteiger partial charge in [0.05, 0.1) is 18.9 Å². The lowest BCUT2D eigenvalue weighted by atomic mass is 9.97. The molecule has 0 spiro atoms. The Hall–Kier alpha value is -3.71. The van der Waals surface area contributed by atoms with E-state index in [1.807, 2.05) is 42.5 Å². The predicted molar refractivity (Wildman–Crippen MR) is 125 cm³/mol. The highest BCUT2D eigenvalue weighted by Crippen LogP contribution is 2.34. The summed E-state index contributed by atoms with van der Waals surface area (Å²) in [7, 11) is 1.61. The fourth-order valence-electron chi connectivity index (χ4n) is 3.80. The molecule has 0 N–H and O–H groups in total. The quantitative estimate of drug-likeness (QED) is 0.487. The normalized spacial score (nSPS) is 15.4. The summed E-state index contributed by atoms with van der Waals surface area (Å²) in [5.74, 6) is -0.240. The van der Waals surface area contributed by atoms with Gasteiger partial charge in [0, 0.05) is 13.0 Å². The molecule has 1 atom stereocenters. The van der Waals surface area contributed by atoms with E-state index in [0.29, 0.717) is 13.0 Å². The number of ether oxygens (including phenoxy) is 3. The Kier molecular flexibility index (Phi) is 7.00. The molecule has 0 radical (unpaired) electrons. The maximum atomic E-state index is 13.0. The first-order valence-electron chi connectivity index (χ1n) is 10.8. The Morgan fingerprint density at radius 1 is 1.00 bits per heavy atom. The predicted octanol–water partition coefficient (Wildman–Crippen LogP) is 4.11. The maximum Gasteiger partial charge on any atom is 0.332 e. The largest absolute Gasteiger partial charge is 0.497 e. The summed E-state index contributed by atoms with van der Waals surface area (Å²) in [6.45, 7) is 1.60. The van der Waals surface area contributed by atoms with Gasteiger partial charge >= 0.3 is 5.97 Å². The number of amides is 1. The number of esters is 1. The molecule has 7 heteroatoms. The van der Waals surface area contributed by atoms with Crippen LogP contribution in [0.1, 0.15) is 30.5 Å². The van der Waals surface area contributed by atoms with Crippen molar-refractivity contribution in [3.63, 3.8) is 0 Å². The highest BCUT2D eigenvalue weighted by atomic mass is 16.6. The molecule has 1 unspecified atom stereocenters. The second-order valence-corrected chi connectivity index (χ2v) is 7.64. The fourth-order valence-corrected chi connectivity index (χ4v) is 3.80. The zero-order valence-corrected chi connectivity index (χ0v) is 18.7. The van der Waals surface area contributed by atoms with Crippen molar-refractivity contribution in [3.8, 4) is 5.75 Å². The van der Waals surface area contributed by atoms with E-state index < -0.39 is 18.5 Å². The van der Waals surface area contributed by atoms with Crippen LogP contribution < -0.4 is 4.74 Å². The monoisotopic (exact) mass is 446 g/mol. The van der Waals surface area contributed by atoms with Gasteiger partial charge in [-0.15, -0.1) is 0 Å². The van der Waals surface area contributed by atoms with Crippen molar-refractivity contribution >= 4 is 28.4 Å². The summed E-state index contributed by atoms with van der Waals surface area (Å²) in [6.07, 6.45) is 0.545. The molecule has 0 saturated heterocycles. The highest BCUT2D eigenvalue weighted by molar-refractivity contribution is 6.05. The first-order chi connectivity index (χ1) is 16.1. The van der Waals surface area contributed by atoms with Gasteiger partial charge in [0.1, 0.15) is 12.4 Å². The van der Waals surface area contributed by atoms with Crippen LogP contribution in [0, 0.1) is 0 Å². The minimum absolute atomic E-state index is 0.183. The van der Waals surface area contributed by atoms with Crippen LogP contribution >= 0.6 is 0 Å². The van der Waals surface area contributed by atoms with Gasteiger partial charge in [-0.1, -0.05) is 48.5 Å². The molecule has 1 aliphatic rings. The van der Waals surface area contributed by atoms with Crippen LogP contribution in [-0.2, 0) is 19.1 Å². The van der Waals surface area contributed by atoms with E-state index in [1.54, 1.807) is 14.0 Å². The number of nitrogens with zero attached hydrogens (tertiary/aromatic N) is 2. The second-order valence-electron chi connectivity index (χ2n) is 7.64. The van der Waals surface area contributed by atoms with Crippen molar-refractivity contribution in [1.82, 2.24) is 5.01 Å². The zero-order chi connectivity index (χ0) is 23.2. The minimum Gasteiger partial charge on any atom is -0.497 e. The summed E-state index contributed by atoms with van der Waals surface area (Å²) in [5, 5.41) is 8.31. The van der Waals surface area contributed by atoms with Crippen molar-refractivity contribution in [2.45, 2.75) is 19.4 Å². The summed E-state index contributed by atoms with van der Waals surface area (Å²) in [4.78, 5) is 24.8. The second kappa shape index (κ2) is 10.3. The van der Waals surface area contributed by atoms with Crippen LogP contribution in [0.3, 0.4) is 0 Å². The maximum absolute atomic E-state index is 13.0. The van der Waals surface area contributed by atoms with Gasteiger partial charge < -0.3 is 14.2 Å². The van der Waals surface area contributed by atoms with Gasteiger partial charge in [-0.3, -0.25) is 4.79 Å². The van der Waals surface area contributed by atoms with Crippen LogP contribution in [0.25, 0.3) is 10.8 Å². The van der Waals surface area contributed by atoms with Gasteiger partial charge in [-0.25, -0.2) is 9.80 Å². The van der Waals surface area contributed by atoms with Crippen molar-refractivity contribution < 1.29 is 23.8 Å². The zero-order valence-electron chi connectivity index (χ0n) is 18.7. The summed E-state index contributed by atoms with van der Waals surface area (Å²) in [6, 6.07) is 21.5. The topological polar surface area (TPSA) is 77.4 Å². The first-order valence-corrected chi connectivity index (χ1v) is 10.8. The molecule has 4 rings (SSSR count). The molecule has 3 aromatic rings. The van der Waals surface area contributed by atoms with Crippen LogP contribution in [0.15, 0.2) is 71.8 Å². The van der Waals surface area contributed by atoms with E-state index in [9.17, 15) is 9.59 Å². The van der Waals surface area contributed by atoms with Crippen molar-refractivity contribution in [3.05, 3.63) is 77.9 Å². The minimum atomic E-state index is -0.580. The molecule has 3 aromatic carbocycles. The lowest BCUT2D eigenvalue weighted by Gasteiger charge is -2.22. The Labute approximate surface area is 192 Å². The molecule has 7 nitrogen and oxygen atoms in total. The third-order valence-electron chi connectivity index (χ3n) is 5.53.